The number of amides is 1. The molecule has 0 saturated heterocycles. The highest BCUT2D eigenvalue weighted by atomic mass is 16.6. The predicted molar refractivity (Wildman–Crippen MR) is 80.5 cm³/mol. The minimum absolute atomic E-state index is 0.154. The smallest absolute Gasteiger partial charge is 0.288 e. The third-order valence-corrected chi connectivity index (χ3v) is 3.46. The Bertz CT molecular complexity index is 543. The number of carbonyl (C=O) groups is 1. The Hall–Kier alpha value is -2.22. The number of nitro groups is 1. The summed E-state index contributed by atoms with van der Waals surface area (Å²) in [6, 6.07) is 1.22. The van der Waals surface area contributed by atoms with Crippen molar-refractivity contribution in [3.63, 3.8) is 0 Å². The number of nitrogens with one attached hydrogen (secondary N) is 2. The van der Waals surface area contributed by atoms with Crippen molar-refractivity contribution in [3.05, 3.63) is 27.9 Å². The summed E-state index contributed by atoms with van der Waals surface area (Å²) in [5.74, 6) is -0.0914. The highest BCUT2D eigenvalue weighted by Gasteiger charge is 2.23. The number of nitrogens with zero attached hydrogens (tertiary/aromatic N) is 3. The average molecular weight is 295 g/mol. The van der Waals surface area contributed by atoms with Gasteiger partial charge in [0.15, 0.2) is 0 Å². The fourth-order valence-corrected chi connectivity index (χ4v) is 1.48. The fraction of sp³-hybridized carbons (Fsp3) is 0.538. The van der Waals surface area contributed by atoms with Gasteiger partial charge in [-0.2, -0.15) is 0 Å². The molecular formula is C13H21N5O3. The lowest BCUT2D eigenvalue weighted by Crippen LogP contribution is -2.48. The van der Waals surface area contributed by atoms with E-state index >= 15 is 0 Å². The van der Waals surface area contributed by atoms with Crippen molar-refractivity contribution in [3.8, 4) is 0 Å². The molecule has 0 spiro atoms. The van der Waals surface area contributed by atoms with Gasteiger partial charge in [-0.1, -0.05) is 0 Å². The molecule has 0 aliphatic rings. The first-order valence-corrected chi connectivity index (χ1v) is 6.47. The zero-order valence-corrected chi connectivity index (χ0v) is 12.9. The second-order valence-corrected chi connectivity index (χ2v) is 5.49. The Morgan fingerprint density at radius 2 is 2.10 bits per heavy atom. The van der Waals surface area contributed by atoms with Crippen molar-refractivity contribution in [2.24, 2.45) is 0 Å². The van der Waals surface area contributed by atoms with Gasteiger partial charge in [-0.3, -0.25) is 14.9 Å². The fourth-order valence-electron chi connectivity index (χ4n) is 1.48. The highest BCUT2D eigenvalue weighted by molar-refractivity contribution is 5.99. The van der Waals surface area contributed by atoms with Crippen LogP contribution in [0.3, 0.4) is 0 Å². The first kappa shape index (κ1) is 16.8. The Balaban J connectivity index is 2.96. The van der Waals surface area contributed by atoms with Crippen molar-refractivity contribution in [1.82, 2.24) is 15.2 Å². The van der Waals surface area contributed by atoms with Crippen LogP contribution in [0.4, 0.5) is 11.5 Å². The summed E-state index contributed by atoms with van der Waals surface area (Å²) in [6.45, 7) is 4.38. The Morgan fingerprint density at radius 1 is 1.48 bits per heavy atom. The minimum atomic E-state index is -0.576. The molecule has 0 aliphatic heterocycles. The molecule has 116 valence electrons. The number of carbonyl (C=O) groups excluding carboxylic acids is 1. The van der Waals surface area contributed by atoms with Gasteiger partial charge in [-0.05, 0) is 27.9 Å². The van der Waals surface area contributed by atoms with E-state index in [1.165, 1.54) is 6.07 Å². The van der Waals surface area contributed by atoms with Crippen LogP contribution in [0.25, 0.3) is 0 Å². The van der Waals surface area contributed by atoms with Crippen LogP contribution in [0.2, 0.25) is 0 Å². The van der Waals surface area contributed by atoms with Crippen molar-refractivity contribution in [1.29, 1.82) is 0 Å². The lowest BCUT2D eigenvalue weighted by Gasteiger charge is -2.32. The van der Waals surface area contributed by atoms with Gasteiger partial charge in [0.2, 0.25) is 0 Å². The summed E-state index contributed by atoms with van der Waals surface area (Å²) in [7, 11) is 5.44. The zero-order chi connectivity index (χ0) is 16.2. The van der Waals surface area contributed by atoms with Gasteiger partial charge in [-0.25, -0.2) is 4.98 Å². The number of pyridine rings is 1. The summed E-state index contributed by atoms with van der Waals surface area (Å²) < 4.78 is 0. The van der Waals surface area contributed by atoms with E-state index in [-0.39, 0.29) is 16.8 Å². The van der Waals surface area contributed by atoms with Gasteiger partial charge in [0, 0.05) is 25.2 Å². The Kier molecular flexibility index (Phi) is 5.20. The van der Waals surface area contributed by atoms with Crippen LogP contribution < -0.4 is 10.6 Å². The maximum atomic E-state index is 12.2. The molecule has 0 fully saturated rings. The quantitative estimate of drug-likeness (QED) is 0.602. The van der Waals surface area contributed by atoms with Crippen molar-refractivity contribution in [2.45, 2.75) is 19.4 Å². The molecule has 0 aliphatic carbocycles. The van der Waals surface area contributed by atoms with E-state index in [9.17, 15) is 14.9 Å². The van der Waals surface area contributed by atoms with Crippen molar-refractivity contribution >= 4 is 17.4 Å². The summed E-state index contributed by atoms with van der Waals surface area (Å²) in [5, 5.41) is 16.3. The van der Waals surface area contributed by atoms with E-state index < -0.39 is 10.8 Å². The molecule has 2 N–H and O–H groups in total. The van der Waals surface area contributed by atoms with Gasteiger partial charge in [0.1, 0.15) is 12.0 Å². The number of likely N-dealkylation sites (N-methyl/N-ethyl adjacent to an activating group) is 1. The molecule has 1 heterocycles. The van der Waals surface area contributed by atoms with Crippen molar-refractivity contribution in [2.75, 3.05) is 33.0 Å². The summed E-state index contributed by atoms with van der Waals surface area (Å²) in [5.41, 5.74) is -0.295. The van der Waals surface area contributed by atoms with Crippen LogP contribution >= 0.6 is 0 Å². The molecule has 8 nitrogen and oxygen atoms in total. The predicted octanol–water partition coefficient (Wildman–Crippen LogP) is 1.10. The molecule has 1 aromatic rings. The highest BCUT2D eigenvalue weighted by Crippen LogP contribution is 2.19. The molecule has 8 heteroatoms. The minimum Gasteiger partial charge on any atom is -0.372 e. The second kappa shape index (κ2) is 6.49. The lowest BCUT2D eigenvalue weighted by molar-refractivity contribution is -0.385. The van der Waals surface area contributed by atoms with Crippen LogP contribution in [-0.4, -0.2) is 53.9 Å². The van der Waals surface area contributed by atoms with E-state index in [0.29, 0.717) is 12.4 Å². The van der Waals surface area contributed by atoms with Gasteiger partial charge in [-0.15, -0.1) is 0 Å². The topological polar surface area (TPSA) is 100 Å². The molecule has 1 amide bonds. The summed E-state index contributed by atoms with van der Waals surface area (Å²) in [6.07, 6.45) is 1.12. The number of hydrogen-bond acceptors (Lipinski definition) is 6. The third kappa shape index (κ3) is 4.12. The SMILES string of the molecule is CNc1ncc([N+](=O)[O-])cc1C(=O)NCC(C)(C)N(C)C. The molecular weight excluding hydrogens is 274 g/mol. The largest absolute Gasteiger partial charge is 0.372 e. The Morgan fingerprint density at radius 3 is 2.57 bits per heavy atom. The molecule has 1 rings (SSSR count). The maximum Gasteiger partial charge on any atom is 0.288 e. The second-order valence-electron chi connectivity index (χ2n) is 5.49. The molecule has 0 unspecified atom stereocenters. The Labute approximate surface area is 123 Å². The molecule has 0 radical (unpaired) electrons. The maximum absolute atomic E-state index is 12.2. The first-order chi connectivity index (χ1) is 9.69. The molecule has 1 aromatic heterocycles. The van der Waals surface area contributed by atoms with Crippen LogP contribution in [0.5, 0.6) is 0 Å². The van der Waals surface area contributed by atoms with Crippen LogP contribution in [0.15, 0.2) is 12.3 Å². The van der Waals surface area contributed by atoms with Crippen LogP contribution in [-0.2, 0) is 0 Å². The van der Waals surface area contributed by atoms with Crippen LogP contribution in [0.1, 0.15) is 24.2 Å². The zero-order valence-electron chi connectivity index (χ0n) is 12.9. The number of anilines is 1. The standard InChI is InChI=1S/C13H21N5O3/c1-13(2,17(4)5)8-16-12(19)10-6-9(18(20)21)7-15-11(10)14-3/h6-7H,8H2,1-5H3,(H,14,15)(H,16,19). The molecule has 0 aromatic carbocycles. The first-order valence-electron chi connectivity index (χ1n) is 6.47. The van der Waals surface area contributed by atoms with E-state index in [4.69, 9.17) is 0 Å². The number of rotatable bonds is 6. The molecule has 21 heavy (non-hydrogen) atoms. The third-order valence-electron chi connectivity index (χ3n) is 3.46. The number of aromatic nitrogens is 1. The molecule has 0 atom stereocenters. The van der Waals surface area contributed by atoms with Crippen molar-refractivity contribution < 1.29 is 9.72 Å². The lowest BCUT2D eigenvalue weighted by atomic mass is 10.0. The molecule has 0 bridgehead atoms. The summed E-state index contributed by atoms with van der Waals surface area (Å²) in [4.78, 5) is 28.3. The number of hydrogen-bond donors (Lipinski definition) is 2. The van der Waals surface area contributed by atoms with Crippen LogP contribution in [0, 0.1) is 10.1 Å². The summed E-state index contributed by atoms with van der Waals surface area (Å²) >= 11 is 0. The van der Waals surface area contributed by atoms with Gasteiger partial charge < -0.3 is 15.5 Å². The van der Waals surface area contributed by atoms with E-state index in [0.717, 1.165) is 6.20 Å². The van der Waals surface area contributed by atoms with Gasteiger partial charge >= 0.3 is 0 Å². The monoisotopic (exact) mass is 295 g/mol. The van der Waals surface area contributed by atoms with Gasteiger partial charge in [0.05, 0.1) is 10.5 Å². The molecule has 0 saturated carbocycles. The van der Waals surface area contributed by atoms with Gasteiger partial charge in [0.25, 0.3) is 11.6 Å². The normalized spacial score (nSPS) is 11.3. The van der Waals surface area contributed by atoms with E-state index in [2.05, 4.69) is 15.6 Å². The average Bonchev–Trinajstić information content (AvgIpc) is 2.43. The van der Waals surface area contributed by atoms with E-state index in [1.54, 1.807) is 7.05 Å². The van der Waals surface area contributed by atoms with E-state index in [1.807, 2.05) is 32.8 Å².